The van der Waals surface area contributed by atoms with E-state index in [1.54, 1.807) is 10.9 Å². The Hall–Kier alpha value is -1.23. The summed E-state index contributed by atoms with van der Waals surface area (Å²) in [6.45, 7) is 7.98. The molecule has 2 rings (SSSR count). The Morgan fingerprint density at radius 2 is 2.20 bits per heavy atom. The summed E-state index contributed by atoms with van der Waals surface area (Å²) in [6, 6.07) is 5.05. The molecule has 0 aliphatic carbocycles. The number of fused-ring (bicyclic) bond motifs is 1. The van der Waals surface area contributed by atoms with E-state index in [2.05, 4.69) is 51.7 Å². The average molecular weight is 353 g/mol. The number of aromatic nitrogens is 3. The van der Waals surface area contributed by atoms with Crippen LogP contribution in [0.2, 0.25) is 25.7 Å². The lowest BCUT2D eigenvalue weighted by Gasteiger charge is -2.15. The zero-order valence-corrected chi connectivity index (χ0v) is 14.4. The number of nitriles is 1. The Labute approximate surface area is 127 Å². The van der Waals surface area contributed by atoms with Crippen molar-refractivity contribution in [2.45, 2.75) is 32.4 Å². The molecule has 0 fully saturated rings. The molecule has 0 atom stereocenters. The Morgan fingerprint density at radius 3 is 2.85 bits per heavy atom. The van der Waals surface area contributed by atoms with Crippen molar-refractivity contribution in [3.05, 3.63) is 22.4 Å². The molecule has 2 aromatic heterocycles. The maximum Gasteiger partial charge on any atom is 0.172 e. The second-order valence-electron chi connectivity index (χ2n) is 5.83. The maximum absolute atomic E-state index is 9.11. The van der Waals surface area contributed by atoms with Crippen molar-refractivity contribution in [1.29, 1.82) is 5.26 Å². The van der Waals surface area contributed by atoms with Crippen molar-refractivity contribution in [2.75, 3.05) is 6.61 Å². The van der Waals surface area contributed by atoms with E-state index < -0.39 is 8.07 Å². The van der Waals surface area contributed by atoms with Crippen LogP contribution in [0.15, 0.2) is 16.7 Å². The van der Waals surface area contributed by atoms with Crippen LogP contribution in [-0.2, 0) is 11.5 Å². The van der Waals surface area contributed by atoms with Crippen molar-refractivity contribution < 1.29 is 4.74 Å². The van der Waals surface area contributed by atoms with Gasteiger partial charge in [0.05, 0.1) is 5.39 Å². The van der Waals surface area contributed by atoms with Crippen LogP contribution in [-0.4, -0.2) is 29.4 Å². The van der Waals surface area contributed by atoms with Gasteiger partial charge >= 0.3 is 0 Å². The lowest BCUT2D eigenvalue weighted by atomic mass is 10.3. The largest absolute Gasteiger partial charge is 0.359 e. The van der Waals surface area contributed by atoms with Gasteiger partial charge < -0.3 is 4.74 Å². The van der Waals surface area contributed by atoms with Crippen LogP contribution < -0.4 is 0 Å². The number of hydrogen-bond donors (Lipinski definition) is 0. The lowest BCUT2D eigenvalue weighted by molar-refractivity contribution is 0.0812. The SMILES string of the molecule is C[Si](C)(C)CCOCn1nc(C#N)c2cc(Br)cnc21. The van der Waals surface area contributed by atoms with Crippen molar-refractivity contribution in [2.24, 2.45) is 0 Å². The summed E-state index contributed by atoms with van der Waals surface area (Å²) in [6.07, 6.45) is 1.70. The van der Waals surface area contributed by atoms with Gasteiger partial charge in [0.15, 0.2) is 11.3 Å². The maximum atomic E-state index is 9.11. The molecule has 0 aliphatic rings. The van der Waals surface area contributed by atoms with Crippen molar-refractivity contribution in [3.8, 4) is 6.07 Å². The van der Waals surface area contributed by atoms with Crippen LogP contribution in [0.25, 0.3) is 11.0 Å². The topological polar surface area (TPSA) is 63.7 Å². The summed E-state index contributed by atoms with van der Waals surface area (Å²) in [5, 5.41) is 14.1. The molecule has 0 radical (unpaired) electrons. The minimum atomic E-state index is -1.09. The Kier molecular flexibility index (Phi) is 4.58. The molecule has 0 unspecified atom stereocenters. The van der Waals surface area contributed by atoms with Crippen molar-refractivity contribution in [3.63, 3.8) is 0 Å². The first kappa shape index (κ1) is 15.2. The summed E-state index contributed by atoms with van der Waals surface area (Å²) < 4.78 is 8.14. The third-order valence-corrected chi connectivity index (χ3v) is 5.01. The van der Waals surface area contributed by atoms with Crippen LogP contribution >= 0.6 is 15.9 Å². The Balaban J connectivity index is 2.13. The van der Waals surface area contributed by atoms with Gasteiger partial charge in [-0.3, -0.25) is 0 Å². The van der Waals surface area contributed by atoms with E-state index >= 15 is 0 Å². The molecule has 7 heteroatoms. The molecule has 0 spiro atoms. The highest BCUT2D eigenvalue weighted by Crippen LogP contribution is 2.20. The van der Waals surface area contributed by atoms with Crippen LogP contribution in [0.5, 0.6) is 0 Å². The lowest BCUT2D eigenvalue weighted by Crippen LogP contribution is -2.22. The molecule has 0 aromatic carbocycles. The first-order valence-corrected chi connectivity index (χ1v) is 10.9. The summed E-state index contributed by atoms with van der Waals surface area (Å²) in [5.41, 5.74) is 1.06. The zero-order valence-electron chi connectivity index (χ0n) is 11.9. The second-order valence-corrected chi connectivity index (χ2v) is 12.4. The average Bonchev–Trinajstić information content (AvgIpc) is 2.71. The van der Waals surface area contributed by atoms with E-state index in [1.165, 1.54) is 0 Å². The minimum Gasteiger partial charge on any atom is -0.359 e. The Bertz CT molecular complexity index is 657. The normalized spacial score (nSPS) is 11.8. The molecule has 0 N–H and O–H groups in total. The number of halogens is 1. The molecular weight excluding hydrogens is 336 g/mol. The van der Waals surface area contributed by atoms with E-state index in [0.29, 0.717) is 18.1 Å². The fourth-order valence-corrected chi connectivity index (χ4v) is 2.82. The summed E-state index contributed by atoms with van der Waals surface area (Å²) in [5.74, 6) is 0. The number of nitrogens with zero attached hydrogens (tertiary/aromatic N) is 4. The molecule has 2 aromatic rings. The van der Waals surface area contributed by atoms with E-state index in [9.17, 15) is 0 Å². The van der Waals surface area contributed by atoms with E-state index in [1.807, 2.05) is 6.07 Å². The first-order chi connectivity index (χ1) is 9.40. The monoisotopic (exact) mass is 352 g/mol. The van der Waals surface area contributed by atoms with Crippen LogP contribution in [0.1, 0.15) is 5.69 Å². The fraction of sp³-hybridized carbons (Fsp3) is 0.462. The second kappa shape index (κ2) is 6.04. The predicted octanol–water partition coefficient (Wildman–Crippen LogP) is 3.38. The number of hydrogen-bond acceptors (Lipinski definition) is 4. The van der Waals surface area contributed by atoms with Crippen molar-refractivity contribution >= 4 is 35.0 Å². The first-order valence-electron chi connectivity index (χ1n) is 6.40. The smallest absolute Gasteiger partial charge is 0.172 e. The standard InChI is InChI=1S/C13H17BrN4OSi/c1-20(2,3)5-4-19-9-18-13-11(12(7-15)17-18)6-10(14)8-16-13/h6,8H,4-5,9H2,1-3H3. The number of rotatable bonds is 5. The molecule has 20 heavy (non-hydrogen) atoms. The third kappa shape index (κ3) is 3.66. The van der Waals surface area contributed by atoms with Gasteiger partial charge in [0.2, 0.25) is 0 Å². The molecule has 0 bridgehead atoms. The predicted molar refractivity (Wildman–Crippen MR) is 84.0 cm³/mol. The molecule has 0 saturated heterocycles. The number of ether oxygens (including phenoxy) is 1. The summed E-state index contributed by atoms with van der Waals surface area (Å²) in [4.78, 5) is 4.31. The highest BCUT2D eigenvalue weighted by molar-refractivity contribution is 9.10. The van der Waals surface area contributed by atoms with Gasteiger partial charge in [-0.1, -0.05) is 19.6 Å². The zero-order chi connectivity index (χ0) is 14.8. The third-order valence-electron chi connectivity index (χ3n) is 2.87. The van der Waals surface area contributed by atoms with Gasteiger partial charge in [-0.05, 0) is 28.0 Å². The van der Waals surface area contributed by atoms with Crippen LogP contribution in [0, 0.1) is 11.3 Å². The Morgan fingerprint density at radius 1 is 1.45 bits per heavy atom. The molecule has 106 valence electrons. The number of pyridine rings is 1. The van der Waals surface area contributed by atoms with Gasteiger partial charge in [-0.15, -0.1) is 0 Å². The molecule has 0 saturated carbocycles. The van der Waals surface area contributed by atoms with Gasteiger partial charge in [-0.25, -0.2) is 9.67 Å². The molecular formula is C13H17BrN4OSi. The highest BCUT2D eigenvalue weighted by Gasteiger charge is 2.14. The summed E-state index contributed by atoms with van der Waals surface area (Å²) >= 11 is 3.36. The fourth-order valence-electron chi connectivity index (χ4n) is 1.74. The molecule has 0 amide bonds. The van der Waals surface area contributed by atoms with Crippen molar-refractivity contribution in [1.82, 2.24) is 14.8 Å². The quantitative estimate of drug-likeness (QED) is 0.611. The van der Waals surface area contributed by atoms with E-state index in [4.69, 9.17) is 10.00 Å². The van der Waals surface area contributed by atoms with Crippen LogP contribution in [0.3, 0.4) is 0 Å². The van der Waals surface area contributed by atoms with Crippen LogP contribution in [0.4, 0.5) is 0 Å². The molecule has 2 heterocycles. The van der Waals surface area contributed by atoms with E-state index in [-0.39, 0.29) is 0 Å². The highest BCUT2D eigenvalue weighted by atomic mass is 79.9. The molecule has 5 nitrogen and oxygen atoms in total. The summed E-state index contributed by atoms with van der Waals surface area (Å²) in [7, 11) is -1.09. The van der Waals surface area contributed by atoms with Gasteiger partial charge in [0, 0.05) is 25.4 Å². The van der Waals surface area contributed by atoms with Gasteiger partial charge in [0.25, 0.3) is 0 Å². The van der Waals surface area contributed by atoms with Gasteiger partial charge in [-0.2, -0.15) is 10.4 Å². The van der Waals surface area contributed by atoms with E-state index in [0.717, 1.165) is 22.5 Å². The molecule has 0 aliphatic heterocycles. The van der Waals surface area contributed by atoms with Gasteiger partial charge in [0.1, 0.15) is 12.8 Å². The minimum absolute atomic E-state index is 0.331.